The van der Waals surface area contributed by atoms with Crippen molar-refractivity contribution in [1.29, 1.82) is 0 Å². The number of aryl methyl sites for hydroxylation is 3. The van der Waals surface area contributed by atoms with Crippen LogP contribution in [0.2, 0.25) is 5.02 Å². The molecule has 1 aliphatic heterocycles. The summed E-state index contributed by atoms with van der Waals surface area (Å²) >= 11 is 5.97. The summed E-state index contributed by atoms with van der Waals surface area (Å²) < 4.78 is 18.1. The molecule has 1 unspecified atom stereocenters. The maximum atomic E-state index is 15.0. The Hall–Kier alpha value is -2.93. The Balaban J connectivity index is 0.00000181. The quantitative estimate of drug-likeness (QED) is 0.511. The predicted molar refractivity (Wildman–Crippen MR) is 127 cm³/mol. The van der Waals surface area contributed by atoms with Gasteiger partial charge >= 0.3 is 0 Å². The minimum atomic E-state index is -0.714. The number of hydrogen-bond donors (Lipinski definition) is 0. The first kappa shape index (κ1) is 25.3. The molecule has 0 bridgehead atoms. The highest BCUT2D eigenvalue weighted by Crippen LogP contribution is 2.44. The maximum Gasteiger partial charge on any atom is 0.277 e. The lowest BCUT2D eigenvalue weighted by Crippen LogP contribution is -2.32. The van der Waals surface area contributed by atoms with Crippen molar-refractivity contribution in [3.63, 3.8) is 0 Å². The zero-order valence-electron chi connectivity index (χ0n) is 17.4. The van der Waals surface area contributed by atoms with Crippen LogP contribution >= 0.6 is 11.6 Å². The molecule has 0 saturated heterocycles. The van der Waals surface area contributed by atoms with Crippen LogP contribution in [-0.2, 0) is 7.05 Å². The second kappa shape index (κ2) is 8.90. The molecule has 6 nitrogen and oxygen atoms in total. The summed E-state index contributed by atoms with van der Waals surface area (Å²) in [5, 5.41) is 4.83. The van der Waals surface area contributed by atoms with E-state index in [0.717, 1.165) is 0 Å². The normalized spacial score (nSPS) is 14.9. The molecule has 2 aromatic heterocycles. The fraction of sp³-hybridized carbons (Fsp3) is 0.375. The number of amides is 1. The van der Waals surface area contributed by atoms with E-state index in [1.807, 2.05) is 20.8 Å². The second-order valence-electron chi connectivity index (χ2n) is 7.93. The minimum Gasteiger partial charge on any atom is -0.316 e. The van der Waals surface area contributed by atoms with Gasteiger partial charge in [0.25, 0.3) is 11.5 Å². The van der Waals surface area contributed by atoms with Gasteiger partial charge in [0.05, 0.1) is 17.4 Å². The van der Waals surface area contributed by atoms with E-state index in [4.69, 9.17) is 11.6 Å². The number of anilines is 1. The summed E-state index contributed by atoms with van der Waals surface area (Å²) in [6, 6.07) is 5.34. The lowest BCUT2D eigenvalue weighted by Gasteiger charge is -2.27. The number of rotatable bonds is 3. The number of nitrogens with zero attached hydrogens (tertiary/aromatic N) is 4. The summed E-state index contributed by atoms with van der Waals surface area (Å²) in [4.78, 5) is 27.4. The van der Waals surface area contributed by atoms with Crippen LogP contribution in [0.3, 0.4) is 0 Å². The molecule has 0 N–H and O–H groups in total. The van der Waals surface area contributed by atoms with Crippen molar-refractivity contribution in [3.05, 3.63) is 79.7 Å². The smallest absolute Gasteiger partial charge is 0.277 e. The molecule has 0 saturated carbocycles. The Morgan fingerprint density at radius 2 is 1.78 bits per heavy atom. The van der Waals surface area contributed by atoms with Gasteiger partial charge in [0.2, 0.25) is 0 Å². The molecule has 3 aromatic rings. The van der Waals surface area contributed by atoms with Gasteiger partial charge in [0.1, 0.15) is 11.5 Å². The monoisotopic (exact) mass is 460 g/mol. The number of benzene rings is 1. The number of aromatic nitrogens is 3. The zero-order chi connectivity index (χ0) is 21.9. The first-order chi connectivity index (χ1) is 14.1. The molecule has 1 aromatic carbocycles. The van der Waals surface area contributed by atoms with Crippen molar-refractivity contribution in [2.45, 2.75) is 54.6 Å². The number of carbonyl (C=O) groups is 1. The van der Waals surface area contributed by atoms with Crippen molar-refractivity contribution in [3.8, 4) is 0 Å². The van der Waals surface area contributed by atoms with E-state index < -0.39 is 11.9 Å². The van der Waals surface area contributed by atoms with Crippen molar-refractivity contribution >= 4 is 23.2 Å². The largest absolute Gasteiger partial charge is 0.316 e. The third-order valence-electron chi connectivity index (χ3n) is 5.46. The highest BCUT2D eigenvalue weighted by atomic mass is 35.5. The molecule has 0 spiro atoms. The van der Waals surface area contributed by atoms with E-state index in [0.29, 0.717) is 33.8 Å². The van der Waals surface area contributed by atoms with Gasteiger partial charge < -0.3 is 4.57 Å². The SMILES string of the molecule is C.C.Cc1nn(C(C)C)c2c1C(c1ccc(Cl)cc1F)N(c1cc(C)c(=O)n(C)c1)C2=O. The first-order valence-corrected chi connectivity index (χ1v) is 10.0. The minimum absolute atomic E-state index is 0. The van der Waals surface area contributed by atoms with Gasteiger partial charge in [-0.2, -0.15) is 5.10 Å². The van der Waals surface area contributed by atoms with Crippen LogP contribution in [0, 0.1) is 19.7 Å². The van der Waals surface area contributed by atoms with Gasteiger partial charge in [-0.1, -0.05) is 32.5 Å². The molecule has 0 radical (unpaired) electrons. The molecule has 3 heterocycles. The summed E-state index contributed by atoms with van der Waals surface area (Å²) in [6.07, 6.45) is 1.60. The summed E-state index contributed by atoms with van der Waals surface area (Å²) in [6.45, 7) is 7.40. The Bertz CT molecular complexity index is 1220. The molecule has 1 aliphatic rings. The Morgan fingerprint density at radius 3 is 2.34 bits per heavy atom. The first-order valence-electron chi connectivity index (χ1n) is 9.66. The van der Waals surface area contributed by atoms with Crippen molar-refractivity contribution in [1.82, 2.24) is 14.3 Å². The summed E-state index contributed by atoms with van der Waals surface area (Å²) in [5.41, 5.74) is 2.96. The molecule has 4 rings (SSSR count). The van der Waals surface area contributed by atoms with Crippen molar-refractivity contribution < 1.29 is 9.18 Å². The van der Waals surface area contributed by atoms with Gasteiger partial charge in [-0.05, 0) is 45.9 Å². The van der Waals surface area contributed by atoms with Gasteiger partial charge in [-0.15, -0.1) is 0 Å². The van der Waals surface area contributed by atoms with Crippen LogP contribution in [-0.4, -0.2) is 20.3 Å². The van der Waals surface area contributed by atoms with Crippen LogP contribution in [0.5, 0.6) is 0 Å². The number of halogens is 2. The fourth-order valence-electron chi connectivity index (χ4n) is 4.11. The van der Waals surface area contributed by atoms with E-state index in [2.05, 4.69) is 5.10 Å². The van der Waals surface area contributed by atoms with Gasteiger partial charge in [0.15, 0.2) is 0 Å². The van der Waals surface area contributed by atoms with Crippen molar-refractivity contribution in [2.75, 3.05) is 4.90 Å². The van der Waals surface area contributed by atoms with E-state index in [1.54, 1.807) is 43.0 Å². The molecular formula is C24H30ClFN4O2. The standard InChI is InChI=1S/C22H22ClFN4O2.2CH4/c1-11(2)28-20-18(13(4)25-28)19(16-7-6-14(23)9-17(16)24)27(22(20)30)15-8-12(3)21(29)26(5)10-15;;/h6-11,19H,1-5H3;2*1H4. The van der Waals surface area contributed by atoms with Crippen LogP contribution in [0.25, 0.3) is 0 Å². The van der Waals surface area contributed by atoms with E-state index in [1.165, 1.54) is 15.5 Å². The van der Waals surface area contributed by atoms with Crippen LogP contribution in [0.15, 0.2) is 35.3 Å². The Kier molecular flexibility index (Phi) is 7.05. The maximum absolute atomic E-state index is 15.0. The average Bonchev–Trinajstić information content (AvgIpc) is 3.15. The third kappa shape index (κ3) is 3.75. The molecule has 1 amide bonds. The molecule has 1 atom stereocenters. The highest BCUT2D eigenvalue weighted by molar-refractivity contribution is 6.30. The Labute approximate surface area is 193 Å². The second-order valence-corrected chi connectivity index (χ2v) is 8.36. The van der Waals surface area contributed by atoms with Crippen molar-refractivity contribution in [2.24, 2.45) is 7.05 Å². The Morgan fingerprint density at radius 1 is 1.12 bits per heavy atom. The van der Waals surface area contributed by atoms with E-state index >= 15 is 4.39 Å². The molecule has 8 heteroatoms. The summed E-state index contributed by atoms with van der Waals surface area (Å²) in [5.74, 6) is -0.784. The molecular weight excluding hydrogens is 431 g/mol. The summed E-state index contributed by atoms with van der Waals surface area (Å²) in [7, 11) is 1.63. The predicted octanol–water partition coefficient (Wildman–Crippen LogP) is 5.59. The average molecular weight is 461 g/mol. The van der Waals surface area contributed by atoms with E-state index in [9.17, 15) is 9.59 Å². The van der Waals surface area contributed by atoms with Gasteiger partial charge in [0, 0.05) is 41.0 Å². The zero-order valence-corrected chi connectivity index (χ0v) is 18.2. The molecule has 32 heavy (non-hydrogen) atoms. The molecule has 0 aliphatic carbocycles. The fourth-order valence-corrected chi connectivity index (χ4v) is 4.27. The number of pyridine rings is 1. The number of hydrogen-bond acceptors (Lipinski definition) is 3. The lowest BCUT2D eigenvalue weighted by atomic mass is 9.98. The third-order valence-corrected chi connectivity index (χ3v) is 5.69. The van der Waals surface area contributed by atoms with Gasteiger partial charge in [-0.3, -0.25) is 19.2 Å². The van der Waals surface area contributed by atoms with Crippen LogP contribution < -0.4 is 10.5 Å². The molecule has 0 fully saturated rings. The number of carbonyl (C=O) groups excluding carboxylic acids is 1. The number of fused-ring (bicyclic) bond motifs is 1. The topological polar surface area (TPSA) is 60.1 Å². The highest BCUT2D eigenvalue weighted by Gasteiger charge is 2.45. The van der Waals surface area contributed by atoms with Crippen LogP contribution in [0.4, 0.5) is 10.1 Å². The molecule has 172 valence electrons. The van der Waals surface area contributed by atoms with E-state index in [-0.39, 0.29) is 37.4 Å². The van der Waals surface area contributed by atoms with Crippen LogP contribution in [0.1, 0.15) is 73.7 Å². The van der Waals surface area contributed by atoms with Gasteiger partial charge in [-0.25, -0.2) is 4.39 Å². The lowest BCUT2D eigenvalue weighted by molar-refractivity contribution is 0.0981.